The van der Waals surface area contributed by atoms with Gasteiger partial charge in [0.05, 0.1) is 0 Å². The van der Waals surface area contributed by atoms with Crippen molar-refractivity contribution in [3.8, 4) is 0 Å². The van der Waals surface area contributed by atoms with Crippen molar-refractivity contribution in [1.29, 1.82) is 0 Å². The van der Waals surface area contributed by atoms with E-state index >= 15 is 0 Å². The Bertz CT molecular complexity index is 398. The number of carbonyl (C=O) groups is 1. The molecule has 2 saturated heterocycles. The zero-order valence-corrected chi connectivity index (χ0v) is 12.4. The summed E-state index contributed by atoms with van der Waals surface area (Å²) in [6.45, 7) is 6.28. The lowest BCUT2D eigenvalue weighted by atomic mass is 9.59. The van der Waals surface area contributed by atoms with Gasteiger partial charge in [-0.25, -0.2) is 0 Å². The zero-order chi connectivity index (χ0) is 14.5. The first-order valence-corrected chi connectivity index (χ1v) is 7.61. The van der Waals surface area contributed by atoms with Crippen LogP contribution in [0.15, 0.2) is 0 Å². The molecule has 1 N–H and O–H groups in total. The van der Waals surface area contributed by atoms with Crippen LogP contribution in [-0.2, 0) is 19.0 Å². The number of hydrogen-bond acceptors (Lipinski definition) is 5. The summed E-state index contributed by atoms with van der Waals surface area (Å²) in [4.78, 5) is 11.4. The van der Waals surface area contributed by atoms with Gasteiger partial charge in [-0.1, -0.05) is 13.8 Å². The van der Waals surface area contributed by atoms with Crippen LogP contribution in [0.4, 0.5) is 0 Å². The van der Waals surface area contributed by atoms with Crippen molar-refractivity contribution in [1.82, 2.24) is 0 Å². The summed E-state index contributed by atoms with van der Waals surface area (Å²) in [7, 11) is 0. The van der Waals surface area contributed by atoms with Crippen molar-refractivity contribution >= 4 is 5.97 Å². The SMILES string of the molecule is CC(=O)O[C@H]1OC(O)[C@H](C)[C@@H]2CC[C@@H](C)[C@@H]3CCO[C@]132. The van der Waals surface area contributed by atoms with E-state index in [0.717, 1.165) is 19.3 Å². The molecule has 0 amide bonds. The molecule has 3 aliphatic rings. The van der Waals surface area contributed by atoms with Crippen LogP contribution in [0.1, 0.15) is 40.0 Å². The van der Waals surface area contributed by atoms with Crippen molar-refractivity contribution in [2.75, 3.05) is 6.61 Å². The van der Waals surface area contributed by atoms with Gasteiger partial charge in [-0.2, -0.15) is 0 Å². The Hall–Kier alpha value is -0.650. The molecule has 0 aromatic rings. The molecule has 1 saturated carbocycles. The molecule has 1 unspecified atom stereocenters. The van der Waals surface area contributed by atoms with Crippen LogP contribution >= 0.6 is 0 Å². The highest BCUT2D eigenvalue weighted by molar-refractivity contribution is 5.66. The van der Waals surface area contributed by atoms with Gasteiger partial charge < -0.3 is 19.3 Å². The highest BCUT2D eigenvalue weighted by Gasteiger charge is 2.65. The van der Waals surface area contributed by atoms with Crippen molar-refractivity contribution in [2.24, 2.45) is 23.7 Å². The van der Waals surface area contributed by atoms with Crippen LogP contribution in [0.2, 0.25) is 0 Å². The van der Waals surface area contributed by atoms with E-state index in [0.29, 0.717) is 18.4 Å². The number of ether oxygens (including phenoxy) is 3. The van der Waals surface area contributed by atoms with Crippen LogP contribution < -0.4 is 0 Å². The molecule has 7 atom stereocenters. The Labute approximate surface area is 119 Å². The van der Waals surface area contributed by atoms with Crippen LogP contribution in [0.25, 0.3) is 0 Å². The van der Waals surface area contributed by atoms with E-state index in [1.54, 1.807) is 0 Å². The van der Waals surface area contributed by atoms with E-state index in [4.69, 9.17) is 14.2 Å². The molecule has 0 aromatic carbocycles. The van der Waals surface area contributed by atoms with E-state index in [2.05, 4.69) is 6.92 Å². The van der Waals surface area contributed by atoms with Gasteiger partial charge in [0.15, 0.2) is 6.29 Å². The molecule has 5 heteroatoms. The minimum Gasteiger partial charge on any atom is -0.433 e. The van der Waals surface area contributed by atoms with Crippen LogP contribution in [0.5, 0.6) is 0 Å². The lowest BCUT2D eigenvalue weighted by Gasteiger charge is -2.56. The van der Waals surface area contributed by atoms with E-state index in [1.165, 1.54) is 6.92 Å². The highest BCUT2D eigenvalue weighted by atomic mass is 16.8. The molecule has 20 heavy (non-hydrogen) atoms. The first-order valence-electron chi connectivity index (χ1n) is 7.61. The van der Waals surface area contributed by atoms with Gasteiger partial charge in [-0.05, 0) is 31.1 Å². The maximum Gasteiger partial charge on any atom is 0.305 e. The van der Waals surface area contributed by atoms with Crippen LogP contribution in [0.3, 0.4) is 0 Å². The molecule has 0 aromatic heterocycles. The third-order valence-corrected chi connectivity index (χ3v) is 5.55. The maximum absolute atomic E-state index is 11.4. The van der Waals surface area contributed by atoms with Crippen molar-refractivity contribution < 1.29 is 24.1 Å². The number of carbonyl (C=O) groups excluding carboxylic acids is 1. The molecule has 1 spiro atoms. The maximum atomic E-state index is 11.4. The van der Waals surface area contributed by atoms with Crippen LogP contribution in [0, 0.1) is 23.7 Å². The molecule has 114 valence electrons. The quantitative estimate of drug-likeness (QED) is 0.742. The summed E-state index contributed by atoms with van der Waals surface area (Å²) in [5.74, 6) is 0.643. The lowest BCUT2D eigenvalue weighted by molar-refractivity contribution is -0.360. The molecule has 0 radical (unpaired) electrons. The molecular formula is C15H24O5. The smallest absolute Gasteiger partial charge is 0.305 e. The van der Waals surface area contributed by atoms with Gasteiger partial charge in [0.1, 0.15) is 5.60 Å². The Morgan fingerprint density at radius 1 is 1.25 bits per heavy atom. The average molecular weight is 284 g/mol. The fraction of sp³-hybridized carbons (Fsp3) is 0.933. The van der Waals surface area contributed by atoms with E-state index in [1.807, 2.05) is 6.92 Å². The van der Waals surface area contributed by atoms with E-state index < -0.39 is 24.2 Å². The second-order valence-electron chi connectivity index (χ2n) is 6.59. The topological polar surface area (TPSA) is 65.0 Å². The third-order valence-electron chi connectivity index (χ3n) is 5.55. The molecule has 3 rings (SSSR count). The first-order chi connectivity index (χ1) is 9.46. The molecular weight excluding hydrogens is 260 g/mol. The molecule has 5 nitrogen and oxygen atoms in total. The van der Waals surface area contributed by atoms with Crippen LogP contribution in [-0.4, -0.2) is 35.9 Å². The van der Waals surface area contributed by atoms with Gasteiger partial charge in [-0.3, -0.25) is 4.79 Å². The summed E-state index contributed by atoms with van der Waals surface area (Å²) >= 11 is 0. The normalized spacial score (nSPS) is 51.2. The Kier molecular flexibility index (Phi) is 3.55. The second-order valence-corrected chi connectivity index (χ2v) is 6.59. The third kappa shape index (κ3) is 1.90. The zero-order valence-electron chi connectivity index (χ0n) is 12.4. The summed E-state index contributed by atoms with van der Waals surface area (Å²) in [6, 6.07) is 0. The van der Waals surface area contributed by atoms with E-state index in [-0.39, 0.29) is 11.8 Å². The fourth-order valence-corrected chi connectivity index (χ4v) is 4.59. The molecule has 3 fully saturated rings. The average Bonchev–Trinajstić information content (AvgIpc) is 2.82. The minimum absolute atomic E-state index is 0.00471. The number of hydrogen-bond donors (Lipinski definition) is 1. The summed E-state index contributed by atoms with van der Waals surface area (Å²) in [5, 5.41) is 10.1. The largest absolute Gasteiger partial charge is 0.433 e. The molecule has 2 heterocycles. The number of aliphatic hydroxyl groups excluding tert-OH is 1. The molecule has 1 aliphatic carbocycles. The fourth-order valence-electron chi connectivity index (χ4n) is 4.59. The first kappa shape index (κ1) is 14.3. The molecule has 2 aliphatic heterocycles. The van der Waals surface area contributed by atoms with Gasteiger partial charge in [0, 0.05) is 25.4 Å². The number of aliphatic hydroxyl groups is 1. The van der Waals surface area contributed by atoms with Gasteiger partial charge in [-0.15, -0.1) is 0 Å². The van der Waals surface area contributed by atoms with E-state index in [9.17, 15) is 9.90 Å². The number of esters is 1. The predicted octanol–water partition coefficient (Wildman–Crippen LogP) is 1.68. The predicted molar refractivity (Wildman–Crippen MR) is 70.5 cm³/mol. The Morgan fingerprint density at radius 3 is 2.70 bits per heavy atom. The monoisotopic (exact) mass is 284 g/mol. The van der Waals surface area contributed by atoms with Crippen molar-refractivity contribution in [2.45, 2.75) is 58.2 Å². The summed E-state index contributed by atoms with van der Waals surface area (Å²) in [5.41, 5.74) is -0.567. The minimum atomic E-state index is -0.895. The van der Waals surface area contributed by atoms with Gasteiger partial charge in [0.2, 0.25) is 6.29 Å². The van der Waals surface area contributed by atoms with Gasteiger partial charge >= 0.3 is 5.97 Å². The van der Waals surface area contributed by atoms with Crippen molar-refractivity contribution in [3.63, 3.8) is 0 Å². The Morgan fingerprint density at radius 2 is 2.00 bits per heavy atom. The van der Waals surface area contributed by atoms with Crippen molar-refractivity contribution in [3.05, 3.63) is 0 Å². The summed E-state index contributed by atoms with van der Waals surface area (Å²) < 4.78 is 17.1. The molecule has 0 bridgehead atoms. The number of rotatable bonds is 1. The summed E-state index contributed by atoms with van der Waals surface area (Å²) in [6.07, 6.45) is 1.41. The van der Waals surface area contributed by atoms with Gasteiger partial charge in [0.25, 0.3) is 0 Å². The highest BCUT2D eigenvalue weighted by Crippen LogP contribution is 2.57. The Balaban J connectivity index is 1.99. The second kappa shape index (κ2) is 4.97. The lowest BCUT2D eigenvalue weighted by Crippen LogP contribution is -2.66. The standard InChI is InChI=1S/C15H24O5/c1-8-4-5-12-9(2)13(17)20-14(19-10(3)16)15(12)11(8)6-7-18-15/h8-9,11-14,17H,4-7H2,1-3H3/t8-,9-,11+,12+,13?,14+,15-/m1/s1.